The number of hydrogen-bond donors (Lipinski definition) is 1. The van der Waals surface area contributed by atoms with Crippen LogP contribution in [0.3, 0.4) is 0 Å². The Balaban J connectivity index is 1.82. The second-order valence-corrected chi connectivity index (χ2v) is 13.1. The molecule has 1 N–H and O–H groups in total. The number of anilines is 1. The number of carbonyl (C=O) groups is 2. The molecular formula is C30H48N2O4. The van der Waals surface area contributed by atoms with Crippen LogP contribution < -0.4 is 5.32 Å². The van der Waals surface area contributed by atoms with Crippen LogP contribution in [-0.2, 0) is 19.1 Å². The molecule has 0 unspecified atom stereocenters. The Bertz CT molecular complexity index is 886. The minimum Gasteiger partial charge on any atom is -0.459 e. The summed E-state index contributed by atoms with van der Waals surface area (Å²) in [5.41, 5.74) is 1.41. The number of aryl methyl sites for hydroxylation is 1. The molecule has 0 bridgehead atoms. The molecule has 1 saturated heterocycles. The molecule has 6 nitrogen and oxygen atoms in total. The van der Waals surface area contributed by atoms with E-state index in [4.69, 9.17) is 9.47 Å². The highest BCUT2D eigenvalue weighted by atomic mass is 16.6. The van der Waals surface area contributed by atoms with Gasteiger partial charge in [0.15, 0.2) is 5.92 Å². The topological polar surface area (TPSA) is 67.9 Å². The Kier molecular flexibility index (Phi) is 8.80. The van der Waals surface area contributed by atoms with Crippen molar-refractivity contribution in [2.75, 3.05) is 18.4 Å². The average molecular weight is 501 g/mol. The fourth-order valence-electron chi connectivity index (χ4n) is 5.53. The summed E-state index contributed by atoms with van der Waals surface area (Å²) < 4.78 is 11.4. The first kappa shape index (κ1) is 28.5. The molecule has 1 aliphatic carbocycles. The number of likely N-dealkylation sites (tertiary alicyclic amines) is 1. The largest absolute Gasteiger partial charge is 0.459 e. The number of ether oxygens (including phenoxy) is 2. The molecular weight excluding hydrogens is 452 g/mol. The monoisotopic (exact) mass is 500 g/mol. The van der Waals surface area contributed by atoms with E-state index in [1.165, 1.54) is 32.1 Å². The highest BCUT2D eigenvalue weighted by Crippen LogP contribution is 2.36. The first-order chi connectivity index (χ1) is 16.7. The summed E-state index contributed by atoms with van der Waals surface area (Å²) in [6.45, 7) is 17.5. The second kappa shape index (κ2) is 11.1. The van der Waals surface area contributed by atoms with Gasteiger partial charge >= 0.3 is 11.9 Å². The molecule has 3 rings (SSSR count). The summed E-state index contributed by atoms with van der Waals surface area (Å²) >= 11 is 0. The maximum absolute atomic E-state index is 13.3. The van der Waals surface area contributed by atoms with Crippen LogP contribution in [0.5, 0.6) is 0 Å². The molecule has 2 aliphatic rings. The number of benzene rings is 1. The molecule has 0 spiro atoms. The molecule has 1 aliphatic heterocycles. The summed E-state index contributed by atoms with van der Waals surface area (Å²) in [4.78, 5) is 29.3. The van der Waals surface area contributed by atoms with Crippen molar-refractivity contribution in [1.29, 1.82) is 0 Å². The van der Waals surface area contributed by atoms with Gasteiger partial charge in [-0.3, -0.25) is 14.5 Å². The highest BCUT2D eigenvalue weighted by Gasteiger charge is 2.39. The van der Waals surface area contributed by atoms with Gasteiger partial charge in [0.2, 0.25) is 0 Å². The van der Waals surface area contributed by atoms with Crippen LogP contribution in [-0.4, -0.2) is 52.7 Å². The Morgan fingerprint density at radius 2 is 1.47 bits per heavy atom. The van der Waals surface area contributed by atoms with Gasteiger partial charge in [-0.05, 0) is 92.7 Å². The van der Waals surface area contributed by atoms with Crippen molar-refractivity contribution in [2.45, 2.75) is 129 Å². The molecule has 1 aromatic carbocycles. The Hall–Kier alpha value is -2.08. The van der Waals surface area contributed by atoms with Crippen molar-refractivity contribution >= 4 is 17.6 Å². The average Bonchev–Trinajstić information content (AvgIpc) is 2.74. The maximum atomic E-state index is 13.3. The standard InChI is InChI=1S/C30H48N2O4/c1-21-12-13-23(25(26(33)35-28(2,3)4)27(34)36-29(5,6)7)24(20-21)31-22-14-18-32(19-15-22)30(8)16-10-9-11-17-30/h12-13,20,22,25,31H,9-11,14-19H2,1-8H3. The van der Waals surface area contributed by atoms with E-state index in [-0.39, 0.29) is 6.04 Å². The maximum Gasteiger partial charge on any atom is 0.325 e. The van der Waals surface area contributed by atoms with Gasteiger partial charge in [0.25, 0.3) is 0 Å². The molecule has 0 radical (unpaired) electrons. The lowest BCUT2D eigenvalue weighted by atomic mass is 9.80. The summed E-state index contributed by atoms with van der Waals surface area (Å²) in [6, 6.07) is 6.13. The fraction of sp³-hybridized carbons (Fsp3) is 0.733. The van der Waals surface area contributed by atoms with Crippen LogP contribution in [0, 0.1) is 6.92 Å². The third kappa shape index (κ3) is 7.71. The highest BCUT2D eigenvalue weighted by molar-refractivity contribution is 6.02. The van der Waals surface area contributed by atoms with E-state index in [0.29, 0.717) is 11.1 Å². The van der Waals surface area contributed by atoms with Crippen molar-refractivity contribution < 1.29 is 19.1 Å². The summed E-state index contributed by atoms with van der Waals surface area (Å²) in [5, 5.41) is 3.70. The number of rotatable bonds is 6. The van der Waals surface area contributed by atoms with Gasteiger partial charge in [-0.25, -0.2) is 0 Å². The van der Waals surface area contributed by atoms with Crippen molar-refractivity contribution in [1.82, 2.24) is 4.90 Å². The van der Waals surface area contributed by atoms with Crippen LogP contribution in [0.15, 0.2) is 18.2 Å². The zero-order valence-electron chi connectivity index (χ0n) is 23.8. The van der Waals surface area contributed by atoms with E-state index < -0.39 is 29.1 Å². The Morgan fingerprint density at radius 1 is 0.944 bits per heavy atom. The number of carbonyl (C=O) groups excluding carboxylic acids is 2. The first-order valence-corrected chi connectivity index (χ1v) is 13.7. The fourth-order valence-corrected chi connectivity index (χ4v) is 5.53. The quantitative estimate of drug-likeness (QED) is 0.362. The van der Waals surface area contributed by atoms with E-state index >= 15 is 0 Å². The van der Waals surface area contributed by atoms with Gasteiger partial charge in [0, 0.05) is 35.9 Å². The van der Waals surface area contributed by atoms with Gasteiger partial charge in [-0.2, -0.15) is 0 Å². The van der Waals surface area contributed by atoms with Gasteiger partial charge in [0.1, 0.15) is 11.2 Å². The van der Waals surface area contributed by atoms with Crippen LogP contribution in [0.1, 0.15) is 110 Å². The van der Waals surface area contributed by atoms with Crippen LogP contribution >= 0.6 is 0 Å². The third-order valence-corrected chi connectivity index (χ3v) is 7.35. The number of nitrogens with zero attached hydrogens (tertiary/aromatic N) is 1. The van der Waals surface area contributed by atoms with Crippen molar-refractivity contribution in [3.05, 3.63) is 29.3 Å². The SMILES string of the molecule is Cc1ccc(C(C(=O)OC(C)(C)C)C(=O)OC(C)(C)C)c(NC2CCN(C3(C)CCCCC3)CC2)c1. The molecule has 6 heteroatoms. The summed E-state index contributed by atoms with van der Waals surface area (Å²) in [7, 11) is 0. The molecule has 202 valence electrons. The van der Waals surface area contributed by atoms with Crippen molar-refractivity contribution in [3.8, 4) is 0 Å². The van der Waals surface area contributed by atoms with Crippen molar-refractivity contribution in [3.63, 3.8) is 0 Å². The summed E-state index contributed by atoms with van der Waals surface area (Å²) in [5.74, 6) is -2.31. The predicted octanol–water partition coefficient (Wildman–Crippen LogP) is 6.36. The van der Waals surface area contributed by atoms with Crippen LogP contribution in [0.25, 0.3) is 0 Å². The molecule has 0 amide bonds. The zero-order valence-corrected chi connectivity index (χ0v) is 23.8. The number of esters is 2. The minimum atomic E-state index is -1.15. The number of piperidine rings is 1. The second-order valence-electron chi connectivity index (χ2n) is 13.1. The molecule has 0 aromatic heterocycles. The van der Waals surface area contributed by atoms with Crippen LogP contribution in [0.4, 0.5) is 5.69 Å². The third-order valence-electron chi connectivity index (χ3n) is 7.35. The number of nitrogens with one attached hydrogen (secondary N) is 1. The van der Waals surface area contributed by atoms with E-state index in [2.05, 4.69) is 17.1 Å². The van der Waals surface area contributed by atoms with E-state index in [1.807, 2.05) is 66.7 Å². The summed E-state index contributed by atoms with van der Waals surface area (Å²) in [6.07, 6.45) is 8.68. The molecule has 1 saturated carbocycles. The van der Waals surface area contributed by atoms with Crippen molar-refractivity contribution in [2.24, 2.45) is 0 Å². The molecule has 1 aromatic rings. The normalized spacial score (nSPS) is 19.7. The Morgan fingerprint density at radius 3 is 1.97 bits per heavy atom. The predicted molar refractivity (Wildman–Crippen MR) is 145 cm³/mol. The van der Waals surface area contributed by atoms with Gasteiger partial charge in [0.05, 0.1) is 0 Å². The lowest BCUT2D eigenvalue weighted by molar-refractivity contribution is -0.169. The van der Waals surface area contributed by atoms with Gasteiger partial charge in [-0.15, -0.1) is 0 Å². The minimum absolute atomic E-state index is 0.284. The van der Waals surface area contributed by atoms with E-state index in [9.17, 15) is 9.59 Å². The lowest BCUT2D eigenvalue weighted by Crippen LogP contribution is -2.52. The zero-order chi connectivity index (χ0) is 26.7. The number of hydrogen-bond acceptors (Lipinski definition) is 6. The van der Waals surface area contributed by atoms with E-state index in [1.54, 1.807) is 0 Å². The molecule has 2 fully saturated rings. The molecule has 36 heavy (non-hydrogen) atoms. The van der Waals surface area contributed by atoms with Crippen LogP contribution in [0.2, 0.25) is 0 Å². The first-order valence-electron chi connectivity index (χ1n) is 13.7. The van der Waals surface area contributed by atoms with Gasteiger partial charge < -0.3 is 14.8 Å². The lowest BCUT2D eigenvalue weighted by Gasteiger charge is -2.47. The smallest absolute Gasteiger partial charge is 0.325 e. The van der Waals surface area contributed by atoms with E-state index in [0.717, 1.165) is 37.2 Å². The Labute approximate surface area is 218 Å². The molecule has 1 heterocycles. The molecule has 0 atom stereocenters. The van der Waals surface area contributed by atoms with Gasteiger partial charge in [-0.1, -0.05) is 31.4 Å².